The Morgan fingerprint density at radius 2 is 1.93 bits per heavy atom. The molecule has 0 aliphatic heterocycles. The molecule has 0 amide bonds. The van der Waals surface area contributed by atoms with Gasteiger partial charge in [0.15, 0.2) is 0 Å². The lowest BCUT2D eigenvalue weighted by Crippen LogP contribution is -2.25. The molecule has 14 heavy (non-hydrogen) atoms. The molecule has 0 unspecified atom stereocenters. The Morgan fingerprint density at radius 1 is 1.36 bits per heavy atom. The molecule has 0 saturated carbocycles. The quantitative estimate of drug-likeness (QED) is 0.792. The van der Waals surface area contributed by atoms with Crippen LogP contribution in [0.25, 0.3) is 0 Å². The van der Waals surface area contributed by atoms with E-state index in [2.05, 4.69) is 6.07 Å². The number of hydrogen-bond acceptors (Lipinski definition) is 2. The normalized spacial score (nSPS) is 14.4. The van der Waals surface area contributed by atoms with Crippen LogP contribution in [0.5, 0.6) is 0 Å². The zero-order valence-corrected chi connectivity index (χ0v) is 8.62. The summed E-state index contributed by atoms with van der Waals surface area (Å²) in [5.74, 6) is 0. The van der Waals surface area contributed by atoms with Crippen molar-refractivity contribution >= 4 is 0 Å². The maximum absolute atomic E-state index is 9.84. The van der Waals surface area contributed by atoms with Gasteiger partial charge in [0.1, 0.15) is 0 Å². The minimum atomic E-state index is -0.645. The standard InChI is InChI=1S/C12H15NO/c1-3-12(2,14)8-10-4-6-11(9-13)7-5-10/h4-7,14H,3,8H2,1-2H3/t12-/m1/s1. The van der Waals surface area contributed by atoms with Crippen LogP contribution in [-0.2, 0) is 6.42 Å². The first-order valence-electron chi connectivity index (χ1n) is 4.79. The highest BCUT2D eigenvalue weighted by Gasteiger charge is 2.17. The first kappa shape index (κ1) is 10.7. The van der Waals surface area contributed by atoms with E-state index in [0.717, 1.165) is 12.0 Å². The SMILES string of the molecule is CC[C@@](C)(O)Cc1ccc(C#N)cc1. The third-order valence-electron chi connectivity index (χ3n) is 2.43. The van der Waals surface area contributed by atoms with E-state index in [9.17, 15) is 5.11 Å². The molecule has 0 bridgehead atoms. The van der Waals surface area contributed by atoms with Crippen molar-refractivity contribution in [1.82, 2.24) is 0 Å². The van der Waals surface area contributed by atoms with Gasteiger partial charge in [0, 0.05) is 6.42 Å². The summed E-state index contributed by atoms with van der Waals surface area (Å²) in [4.78, 5) is 0. The van der Waals surface area contributed by atoms with Crippen LogP contribution in [0.15, 0.2) is 24.3 Å². The summed E-state index contributed by atoms with van der Waals surface area (Å²) in [6, 6.07) is 9.41. The number of rotatable bonds is 3. The van der Waals surface area contributed by atoms with Gasteiger partial charge in [-0.1, -0.05) is 19.1 Å². The second kappa shape index (κ2) is 4.26. The predicted molar refractivity (Wildman–Crippen MR) is 55.8 cm³/mol. The Bertz CT molecular complexity index is 332. The highest BCUT2D eigenvalue weighted by Crippen LogP contribution is 2.16. The monoisotopic (exact) mass is 189 g/mol. The van der Waals surface area contributed by atoms with Crippen molar-refractivity contribution < 1.29 is 5.11 Å². The molecule has 74 valence electrons. The number of nitriles is 1. The lowest BCUT2D eigenvalue weighted by Gasteiger charge is -2.21. The lowest BCUT2D eigenvalue weighted by atomic mass is 9.94. The van der Waals surface area contributed by atoms with Crippen LogP contribution in [-0.4, -0.2) is 10.7 Å². The predicted octanol–water partition coefficient (Wildman–Crippen LogP) is 2.26. The highest BCUT2D eigenvalue weighted by atomic mass is 16.3. The van der Waals surface area contributed by atoms with E-state index in [1.165, 1.54) is 0 Å². The second-order valence-electron chi connectivity index (χ2n) is 3.84. The average molecular weight is 189 g/mol. The summed E-state index contributed by atoms with van der Waals surface area (Å²) in [6.45, 7) is 3.79. The Hall–Kier alpha value is -1.33. The molecule has 2 heteroatoms. The molecule has 0 fully saturated rings. The molecule has 1 aromatic rings. The molecule has 0 aliphatic carbocycles. The summed E-state index contributed by atoms with van der Waals surface area (Å²) in [6.07, 6.45) is 1.36. The summed E-state index contributed by atoms with van der Waals surface area (Å²) < 4.78 is 0. The first-order chi connectivity index (χ1) is 6.57. The molecule has 0 aromatic heterocycles. The molecular weight excluding hydrogens is 174 g/mol. The van der Waals surface area contributed by atoms with Gasteiger partial charge in [-0.05, 0) is 31.0 Å². The van der Waals surface area contributed by atoms with Crippen LogP contribution in [0, 0.1) is 11.3 Å². The minimum Gasteiger partial charge on any atom is -0.390 e. The Balaban J connectivity index is 2.75. The molecule has 1 atom stereocenters. The van der Waals surface area contributed by atoms with E-state index < -0.39 is 5.60 Å². The second-order valence-corrected chi connectivity index (χ2v) is 3.84. The van der Waals surface area contributed by atoms with Gasteiger partial charge < -0.3 is 5.11 Å². The fourth-order valence-corrected chi connectivity index (χ4v) is 1.26. The Labute approximate surface area is 84.8 Å². The zero-order chi connectivity index (χ0) is 10.6. The molecule has 0 heterocycles. The van der Waals surface area contributed by atoms with Crippen LogP contribution in [0.3, 0.4) is 0 Å². The fraction of sp³-hybridized carbons (Fsp3) is 0.417. The van der Waals surface area contributed by atoms with E-state index in [4.69, 9.17) is 5.26 Å². The van der Waals surface area contributed by atoms with E-state index >= 15 is 0 Å². The molecule has 0 radical (unpaired) electrons. The van der Waals surface area contributed by atoms with E-state index in [-0.39, 0.29) is 0 Å². The summed E-state index contributed by atoms with van der Waals surface area (Å²) in [5.41, 5.74) is 1.08. The topological polar surface area (TPSA) is 44.0 Å². The van der Waals surface area contributed by atoms with Crippen molar-refractivity contribution in [3.8, 4) is 6.07 Å². The Kier molecular flexibility index (Phi) is 3.27. The largest absolute Gasteiger partial charge is 0.390 e. The van der Waals surface area contributed by atoms with Crippen molar-refractivity contribution in [3.05, 3.63) is 35.4 Å². The fourth-order valence-electron chi connectivity index (χ4n) is 1.26. The number of benzene rings is 1. The maximum Gasteiger partial charge on any atom is 0.0991 e. The van der Waals surface area contributed by atoms with Crippen molar-refractivity contribution in [2.45, 2.75) is 32.3 Å². The smallest absolute Gasteiger partial charge is 0.0991 e. The molecular formula is C12H15NO. The van der Waals surface area contributed by atoms with Crippen molar-refractivity contribution in [2.75, 3.05) is 0 Å². The maximum atomic E-state index is 9.84. The van der Waals surface area contributed by atoms with E-state index in [1.54, 1.807) is 12.1 Å². The molecule has 2 nitrogen and oxygen atoms in total. The molecule has 0 aliphatic rings. The van der Waals surface area contributed by atoms with Gasteiger partial charge in [0.05, 0.1) is 17.2 Å². The van der Waals surface area contributed by atoms with Gasteiger partial charge in [-0.2, -0.15) is 5.26 Å². The van der Waals surface area contributed by atoms with Crippen LogP contribution >= 0.6 is 0 Å². The number of aliphatic hydroxyl groups is 1. The number of hydrogen-bond donors (Lipinski definition) is 1. The van der Waals surface area contributed by atoms with Gasteiger partial charge in [-0.15, -0.1) is 0 Å². The molecule has 1 rings (SSSR count). The average Bonchev–Trinajstić information content (AvgIpc) is 2.19. The van der Waals surface area contributed by atoms with E-state index in [1.807, 2.05) is 26.0 Å². The summed E-state index contributed by atoms with van der Waals surface area (Å²) in [5, 5.41) is 18.4. The summed E-state index contributed by atoms with van der Waals surface area (Å²) >= 11 is 0. The van der Waals surface area contributed by atoms with Crippen LogP contribution in [0.4, 0.5) is 0 Å². The van der Waals surface area contributed by atoms with Crippen molar-refractivity contribution in [3.63, 3.8) is 0 Å². The van der Waals surface area contributed by atoms with E-state index in [0.29, 0.717) is 12.0 Å². The van der Waals surface area contributed by atoms with Gasteiger partial charge >= 0.3 is 0 Å². The lowest BCUT2D eigenvalue weighted by molar-refractivity contribution is 0.0564. The third kappa shape index (κ3) is 2.86. The molecule has 1 N–H and O–H groups in total. The zero-order valence-electron chi connectivity index (χ0n) is 8.62. The number of nitrogens with zero attached hydrogens (tertiary/aromatic N) is 1. The molecule has 1 aromatic carbocycles. The molecule has 0 spiro atoms. The van der Waals surface area contributed by atoms with Crippen LogP contribution < -0.4 is 0 Å². The Morgan fingerprint density at radius 3 is 2.36 bits per heavy atom. The van der Waals surface area contributed by atoms with Crippen molar-refractivity contribution in [1.29, 1.82) is 5.26 Å². The van der Waals surface area contributed by atoms with Gasteiger partial charge in [-0.3, -0.25) is 0 Å². The molecule has 0 saturated heterocycles. The minimum absolute atomic E-state index is 0.634. The first-order valence-corrected chi connectivity index (χ1v) is 4.79. The third-order valence-corrected chi connectivity index (χ3v) is 2.43. The van der Waals surface area contributed by atoms with Crippen LogP contribution in [0.1, 0.15) is 31.4 Å². The van der Waals surface area contributed by atoms with Gasteiger partial charge in [0.25, 0.3) is 0 Å². The van der Waals surface area contributed by atoms with Crippen LogP contribution in [0.2, 0.25) is 0 Å². The highest BCUT2D eigenvalue weighted by molar-refractivity contribution is 5.32. The van der Waals surface area contributed by atoms with Gasteiger partial charge in [0.2, 0.25) is 0 Å². The van der Waals surface area contributed by atoms with Crippen molar-refractivity contribution in [2.24, 2.45) is 0 Å². The summed E-state index contributed by atoms with van der Waals surface area (Å²) in [7, 11) is 0. The van der Waals surface area contributed by atoms with Gasteiger partial charge in [-0.25, -0.2) is 0 Å².